The quantitative estimate of drug-likeness (QED) is 0.822. The summed E-state index contributed by atoms with van der Waals surface area (Å²) in [5.41, 5.74) is 5.75. The Balaban J connectivity index is 1.43. The lowest BCUT2D eigenvalue weighted by molar-refractivity contribution is 0.157. The second-order valence-electron chi connectivity index (χ2n) is 7.70. The molecule has 0 fully saturated rings. The molecule has 2 amide bonds. The topological polar surface area (TPSA) is 112 Å². The molecule has 2 unspecified atom stereocenters. The van der Waals surface area contributed by atoms with Gasteiger partial charge in [0.2, 0.25) is 5.88 Å². The summed E-state index contributed by atoms with van der Waals surface area (Å²) in [5.74, 6) is 0.699. The van der Waals surface area contributed by atoms with E-state index >= 15 is 0 Å². The molecule has 2 aliphatic carbocycles. The Hall–Kier alpha value is -2.39. The molecule has 3 N–H and O–H groups in total. The van der Waals surface area contributed by atoms with Gasteiger partial charge in [-0.1, -0.05) is 13.0 Å². The first-order valence-electron chi connectivity index (χ1n) is 9.67. The number of ether oxygens (including phenoxy) is 1. The van der Waals surface area contributed by atoms with E-state index in [1.165, 1.54) is 28.5 Å². The molecule has 5 rings (SSSR count). The number of nitrogens with one attached hydrogen (secondary N) is 1. The highest BCUT2D eigenvalue weighted by Crippen LogP contribution is 2.40. The molecule has 1 aromatic heterocycles. The monoisotopic (exact) mass is 401 g/mol. The van der Waals surface area contributed by atoms with Crippen molar-refractivity contribution < 1.29 is 13.7 Å². The second kappa shape index (κ2) is 6.31. The fourth-order valence-electron chi connectivity index (χ4n) is 4.10. The summed E-state index contributed by atoms with van der Waals surface area (Å²) in [5, 5.41) is 13.0. The number of amides is 2. The number of nitrogens with zero attached hydrogens (tertiary/aromatic N) is 3. The number of carbonyl (C=O) groups excluding carboxylic acids is 1. The van der Waals surface area contributed by atoms with E-state index in [0.717, 1.165) is 37.8 Å². The van der Waals surface area contributed by atoms with Gasteiger partial charge in [0.05, 0.1) is 19.3 Å². The minimum Gasteiger partial charge on any atom is -0.477 e. The van der Waals surface area contributed by atoms with Crippen LogP contribution in [0.25, 0.3) is 0 Å². The number of aromatic nitrogens is 2. The number of hydrogen-bond acceptors (Lipinski definition) is 4. The number of urea groups is 1. The Labute approximate surface area is 163 Å². The minimum absolute atomic E-state index is 0.172. The predicted octanol–water partition coefficient (Wildman–Crippen LogP) is 2.43. The molecular weight excluding hydrogens is 378 g/mol. The Morgan fingerprint density at radius 1 is 1.36 bits per heavy atom. The van der Waals surface area contributed by atoms with E-state index in [0.29, 0.717) is 24.9 Å². The fraction of sp³-hybridized carbons (Fsp3) is 0.474. The molecular formula is C19H23N5O3S. The molecule has 148 valence electrons. The highest BCUT2D eigenvalue weighted by molar-refractivity contribution is 7.91. The van der Waals surface area contributed by atoms with Crippen LogP contribution < -0.4 is 15.2 Å². The van der Waals surface area contributed by atoms with E-state index in [-0.39, 0.29) is 4.90 Å². The summed E-state index contributed by atoms with van der Waals surface area (Å²) in [4.78, 5) is 12.7. The first-order chi connectivity index (χ1) is 13.5. The van der Waals surface area contributed by atoms with E-state index in [9.17, 15) is 9.00 Å². The molecule has 0 saturated carbocycles. The molecule has 1 aromatic carbocycles. The second-order valence-corrected chi connectivity index (χ2v) is 9.46. The lowest BCUT2D eigenvalue weighted by atomic mass is 9.76. The van der Waals surface area contributed by atoms with Crippen molar-refractivity contribution in [2.75, 3.05) is 11.9 Å². The van der Waals surface area contributed by atoms with Crippen LogP contribution in [-0.4, -0.2) is 26.6 Å². The molecule has 2 heterocycles. The molecule has 9 heteroatoms. The van der Waals surface area contributed by atoms with Crippen molar-refractivity contribution in [3.05, 3.63) is 34.5 Å². The van der Waals surface area contributed by atoms with E-state index in [2.05, 4.69) is 27.8 Å². The maximum atomic E-state index is 13.0. The molecule has 0 radical (unpaired) electrons. The van der Waals surface area contributed by atoms with Gasteiger partial charge in [0.25, 0.3) is 0 Å². The molecule has 2 aromatic rings. The number of anilines is 1. The summed E-state index contributed by atoms with van der Waals surface area (Å²) < 4.78 is 24.2. The number of hydrogen-bond donors (Lipinski definition) is 2. The number of fused-ring (bicyclic) bond motifs is 3. The van der Waals surface area contributed by atoms with Crippen LogP contribution in [0.15, 0.2) is 21.5 Å². The standard InChI is InChI=1S/C19H23N5O3S/c1-2-11-9-24-18(27-10-11)16(8-21-24)28(20,26)23-19(25)22-17-14-5-3-12(14)7-13-4-6-15(13)17/h7-8,11H,2-6,9-10H2,1H3,(H3,20,22,23,25,26). The Bertz CT molecular complexity index is 1080. The molecule has 8 nitrogen and oxygen atoms in total. The van der Waals surface area contributed by atoms with Crippen LogP contribution in [0, 0.1) is 5.92 Å². The normalized spacial score (nSPS) is 21.0. The van der Waals surface area contributed by atoms with E-state index in [1.807, 2.05) is 0 Å². The summed E-state index contributed by atoms with van der Waals surface area (Å²) in [6.07, 6.45) is 6.32. The van der Waals surface area contributed by atoms with Gasteiger partial charge in [0, 0.05) is 11.6 Å². The Morgan fingerprint density at radius 3 is 2.68 bits per heavy atom. The summed E-state index contributed by atoms with van der Waals surface area (Å²) in [7, 11) is -3.46. The minimum atomic E-state index is -3.46. The van der Waals surface area contributed by atoms with Crippen molar-refractivity contribution in [2.45, 2.75) is 50.5 Å². The first kappa shape index (κ1) is 17.7. The van der Waals surface area contributed by atoms with Crippen LogP contribution in [0.5, 0.6) is 5.88 Å². The van der Waals surface area contributed by atoms with Gasteiger partial charge in [-0.3, -0.25) is 0 Å². The average molecular weight is 401 g/mol. The molecule has 3 aliphatic rings. The molecule has 0 saturated heterocycles. The van der Waals surface area contributed by atoms with Crippen molar-refractivity contribution >= 4 is 21.6 Å². The maximum absolute atomic E-state index is 13.0. The van der Waals surface area contributed by atoms with Crippen molar-refractivity contribution in [3.8, 4) is 5.88 Å². The number of nitrogens with two attached hydrogens (primary N) is 1. The Kier molecular flexibility index (Phi) is 3.99. The molecule has 0 spiro atoms. The first-order valence-corrected chi connectivity index (χ1v) is 11.2. The third-order valence-corrected chi connectivity index (χ3v) is 7.35. The van der Waals surface area contributed by atoms with Gasteiger partial charge in [-0.25, -0.2) is 18.8 Å². The highest BCUT2D eigenvalue weighted by atomic mass is 32.2. The van der Waals surface area contributed by atoms with Gasteiger partial charge in [-0.2, -0.15) is 5.10 Å². The number of benzene rings is 1. The summed E-state index contributed by atoms with van der Waals surface area (Å²) >= 11 is 0. The van der Waals surface area contributed by atoms with Gasteiger partial charge in [-0.05, 0) is 54.4 Å². The zero-order valence-corrected chi connectivity index (χ0v) is 16.6. The van der Waals surface area contributed by atoms with Crippen LogP contribution in [0.1, 0.15) is 35.6 Å². The van der Waals surface area contributed by atoms with Gasteiger partial charge >= 0.3 is 6.03 Å². The smallest absolute Gasteiger partial charge is 0.354 e. The van der Waals surface area contributed by atoms with Crippen molar-refractivity contribution in [2.24, 2.45) is 15.4 Å². The highest BCUT2D eigenvalue weighted by Gasteiger charge is 2.30. The van der Waals surface area contributed by atoms with E-state index < -0.39 is 15.9 Å². The predicted molar refractivity (Wildman–Crippen MR) is 105 cm³/mol. The third-order valence-electron chi connectivity index (χ3n) is 6.01. The van der Waals surface area contributed by atoms with Crippen LogP contribution in [0.4, 0.5) is 10.5 Å². The largest absolute Gasteiger partial charge is 0.477 e. The van der Waals surface area contributed by atoms with Crippen molar-refractivity contribution in [1.82, 2.24) is 9.78 Å². The number of rotatable bonds is 3. The molecule has 0 bridgehead atoms. The lowest BCUT2D eigenvalue weighted by Crippen LogP contribution is -2.27. The third kappa shape index (κ3) is 2.72. The summed E-state index contributed by atoms with van der Waals surface area (Å²) in [6, 6.07) is 1.54. The van der Waals surface area contributed by atoms with Gasteiger partial charge in [0.15, 0.2) is 9.92 Å². The SMILES string of the molecule is CCC1COc2c(S(N)(=O)=NC(=O)Nc3c4c(cc5c3CC5)CC4)cnn2C1. The average Bonchev–Trinajstić information content (AvgIpc) is 3.02. The maximum Gasteiger partial charge on any atom is 0.354 e. The van der Waals surface area contributed by atoms with Crippen LogP contribution in [0.3, 0.4) is 0 Å². The zero-order chi connectivity index (χ0) is 19.5. The van der Waals surface area contributed by atoms with E-state index in [4.69, 9.17) is 9.88 Å². The van der Waals surface area contributed by atoms with Crippen LogP contribution in [-0.2, 0) is 42.1 Å². The summed E-state index contributed by atoms with van der Waals surface area (Å²) in [6.45, 7) is 3.27. The zero-order valence-electron chi connectivity index (χ0n) is 15.7. The van der Waals surface area contributed by atoms with Gasteiger partial charge in [0.1, 0.15) is 4.90 Å². The molecule has 2 atom stereocenters. The molecule has 1 aliphatic heterocycles. The molecule has 28 heavy (non-hydrogen) atoms. The van der Waals surface area contributed by atoms with Crippen LogP contribution >= 0.6 is 0 Å². The van der Waals surface area contributed by atoms with Crippen LogP contribution in [0.2, 0.25) is 0 Å². The van der Waals surface area contributed by atoms with Crippen molar-refractivity contribution in [1.29, 1.82) is 0 Å². The van der Waals surface area contributed by atoms with E-state index in [1.54, 1.807) is 4.68 Å². The van der Waals surface area contributed by atoms with Gasteiger partial charge in [-0.15, -0.1) is 4.36 Å². The lowest BCUT2D eigenvalue weighted by Gasteiger charge is -2.31. The van der Waals surface area contributed by atoms with Crippen molar-refractivity contribution in [3.63, 3.8) is 0 Å². The Morgan fingerprint density at radius 2 is 2.07 bits per heavy atom. The van der Waals surface area contributed by atoms with Gasteiger partial charge < -0.3 is 10.1 Å². The number of aryl methyl sites for hydroxylation is 2. The number of carbonyl (C=O) groups is 1. The fourth-order valence-corrected chi connectivity index (χ4v) is 5.10.